The molecule has 0 atom stereocenters. The fourth-order valence-electron chi connectivity index (χ4n) is 5.02. The molecule has 0 unspecified atom stereocenters. The number of nitrogens with one attached hydrogen (secondary N) is 2. The first kappa shape index (κ1) is 25.2. The number of carbonyl (C=O) groups excluding carboxylic acids is 2. The van der Waals surface area contributed by atoms with E-state index in [4.69, 9.17) is 4.42 Å². The van der Waals surface area contributed by atoms with Gasteiger partial charge >= 0.3 is 0 Å². The third-order valence-corrected chi connectivity index (χ3v) is 6.90. The number of rotatable bonds is 8. The third-order valence-electron chi connectivity index (χ3n) is 6.90. The van der Waals surface area contributed by atoms with Crippen LogP contribution in [0.5, 0.6) is 0 Å². The smallest absolute Gasteiger partial charge is 0.287 e. The van der Waals surface area contributed by atoms with Crippen molar-refractivity contribution in [3.63, 3.8) is 0 Å². The maximum Gasteiger partial charge on any atom is 0.287 e. The monoisotopic (exact) mass is 505 g/mol. The molecule has 0 radical (unpaired) electrons. The van der Waals surface area contributed by atoms with Gasteiger partial charge in [-0.15, -0.1) is 0 Å². The van der Waals surface area contributed by atoms with Gasteiger partial charge in [0.15, 0.2) is 5.76 Å². The van der Waals surface area contributed by atoms with E-state index in [0.29, 0.717) is 18.7 Å². The molecule has 1 aliphatic carbocycles. The summed E-state index contributed by atoms with van der Waals surface area (Å²) in [6.45, 7) is 2.40. The molecule has 6 heteroatoms. The van der Waals surface area contributed by atoms with E-state index >= 15 is 0 Å². The Morgan fingerprint density at radius 1 is 0.868 bits per heavy atom. The Labute approximate surface area is 222 Å². The van der Waals surface area contributed by atoms with Gasteiger partial charge in [-0.25, -0.2) is 5.43 Å². The van der Waals surface area contributed by atoms with E-state index in [1.54, 1.807) is 0 Å². The van der Waals surface area contributed by atoms with Gasteiger partial charge in [0.2, 0.25) is 0 Å². The van der Waals surface area contributed by atoms with Gasteiger partial charge in [0.1, 0.15) is 5.76 Å². The number of amides is 2. The molecule has 1 aliphatic rings. The normalized spacial score (nSPS) is 13.8. The highest BCUT2D eigenvalue weighted by molar-refractivity contribution is 6.06. The second-order valence-corrected chi connectivity index (χ2v) is 9.49. The molecule has 0 saturated heterocycles. The number of benzene rings is 3. The van der Waals surface area contributed by atoms with Crippen molar-refractivity contribution in [3.8, 4) is 0 Å². The van der Waals surface area contributed by atoms with Crippen LogP contribution >= 0.6 is 0 Å². The highest BCUT2D eigenvalue weighted by Crippen LogP contribution is 2.30. The predicted molar refractivity (Wildman–Crippen MR) is 148 cm³/mol. The summed E-state index contributed by atoms with van der Waals surface area (Å²) in [6, 6.07) is 29.4. The number of carbonyl (C=O) groups is 2. The summed E-state index contributed by atoms with van der Waals surface area (Å²) in [5.74, 6) is 0.140. The molecule has 38 heavy (non-hydrogen) atoms. The highest BCUT2D eigenvalue weighted by Gasteiger charge is 2.29. The first-order valence-electron chi connectivity index (χ1n) is 13.0. The lowest BCUT2D eigenvalue weighted by Gasteiger charge is -2.18. The molecule has 0 bridgehead atoms. The third kappa shape index (κ3) is 5.59. The van der Waals surface area contributed by atoms with Gasteiger partial charge in [-0.2, -0.15) is 5.10 Å². The van der Waals surface area contributed by atoms with Crippen molar-refractivity contribution in [1.29, 1.82) is 0 Å². The average Bonchev–Trinajstić information content (AvgIpc) is 3.31. The molecular formula is C32H31N3O3. The van der Waals surface area contributed by atoms with E-state index in [9.17, 15) is 9.59 Å². The summed E-state index contributed by atoms with van der Waals surface area (Å²) in [4.78, 5) is 26.4. The van der Waals surface area contributed by atoms with Crippen LogP contribution in [-0.2, 0) is 17.6 Å². The Bertz CT molecular complexity index is 1390. The molecule has 6 nitrogen and oxygen atoms in total. The van der Waals surface area contributed by atoms with Gasteiger partial charge in [-0.1, -0.05) is 91.0 Å². The summed E-state index contributed by atoms with van der Waals surface area (Å²) in [7, 11) is 0. The molecule has 1 heterocycles. The molecule has 192 valence electrons. The van der Waals surface area contributed by atoms with E-state index in [2.05, 4.69) is 15.8 Å². The number of hydrogen-bond donors (Lipinski definition) is 2. The summed E-state index contributed by atoms with van der Waals surface area (Å²) >= 11 is 0. The fourth-order valence-corrected chi connectivity index (χ4v) is 5.02. The Hall–Kier alpha value is -4.45. The van der Waals surface area contributed by atoms with Crippen LogP contribution in [0.15, 0.2) is 101 Å². The van der Waals surface area contributed by atoms with E-state index in [0.717, 1.165) is 58.6 Å². The summed E-state index contributed by atoms with van der Waals surface area (Å²) in [5, 5.41) is 7.53. The van der Waals surface area contributed by atoms with Gasteiger partial charge in [-0.05, 0) is 42.9 Å². The quantitative estimate of drug-likeness (QED) is 0.308. The minimum atomic E-state index is -0.485. The zero-order valence-corrected chi connectivity index (χ0v) is 21.4. The molecule has 2 amide bonds. The Kier molecular flexibility index (Phi) is 7.78. The van der Waals surface area contributed by atoms with Gasteiger partial charge in [0.25, 0.3) is 11.8 Å². The van der Waals surface area contributed by atoms with Crippen molar-refractivity contribution in [2.24, 2.45) is 5.10 Å². The maximum absolute atomic E-state index is 13.4. The van der Waals surface area contributed by atoms with Crippen LogP contribution in [0.25, 0.3) is 0 Å². The second-order valence-electron chi connectivity index (χ2n) is 9.49. The summed E-state index contributed by atoms with van der Waals surface area (Å²) in [6.07, 6.45) is 3.01. The van der Waals surface area contributed by atoms with Crippen molar-refractivity contribution in [2.75, 3.05) is 6.54 Å². The number of fused-ring (bicyclic) bond motifs is 1. The van der Waals surface area contributed by atoms with Gasteiger partial charge in [-0.3, -0.25) is 9.59 Å². The first-order chi connectivity index (χ1) is 18.6. The van der Waals surface area contributed by atoms with Crippen LogP contribution in [-0.4, -0.2) is 24.1 Å². The number of furan rings is 1. The van der Waals surface area contributed by atoms with Crippen molar-refractivity contribution in [3.05, 3.63) is 130 Å². The molecule has 3 aromatic carbocycles. The topological polar surface area (TPSA) is 83.7 Å². The zero-order chi connectivity index (χ0) is 26.3. The lowest BCUT2D eigenvalue weighted by molar-refractivity contribution is -0.121. The van der Waals surface area contributed by atoms with Gasteiger partial charge in [0, 0.05) is 24.1 Å². The van der Waals surface area contributed by atoms with Crippen molar-refractivity contribution < 1.29 is 14.0 Å². The van der Waals surface area contributed by atoms with Crippen LogP contribution in [0.3, 0.4) is 0 Å². The van der Waals surface area contributed by atoms with Crippen molar-refractivity contribution >= 4 is 17.5 Å². The molecule has 2 N–H and O–H groups in total. The molecule has 5 rings (SSSR count). The molecule has 0 spiro atoms. The maximum atomic E-state index is 13.4. The standard InChI is InChI=1S/C32H31N3O3/c1-22-28-26(34-35-31(36)29(24-14-7-3-8-15-24)25-16-9-4-10-17-25)18-11-19-27(28)38-30(22)32(37)33-21-20-23-12-5-2-6-13-23/h2-10,12-17,29H,11,18-21H2,1H3,(H,33,37)(H,35,36)/b34-26+. The number of nitrogens with zero attached hydrogens (tertiary/aromatic N) is 1. The average molecular weight is 506 g/mol. The van der Waals surface area contributed by atoms with Crippen molar-refractivity contribution in [1.82, 2.24) is 10.7 Å². The van der Waals surface area contributed by atoms with Crippen LogP contribution in [0.1, 0.15) is 62.9 Å². The Morgan fingerprint density at radius 2 is 1.47 bits per heavy atom. The Balaban J connectivity index is 1.33. The highest BCUT2D eigenvalue weighted by atomic mass is 16.4. The second kappa shape index (κ2) is 11.7. The minimum Gasteiger partial charge on any atom is -0.455 e. The van der Waals surface area contributed by atoms with Gasteiger partial charge in [0.05, 0.1) is 11.6 Å². The van der Waals surface area contributed by atoms with E-state index in [1.165, 1.54) is 0 Å². The number of hydrogen-bond acceptors (Lipinski definition) is 4. The van der Waals surface area contributed by atoms with Crippen molar-refractivity contribution in [2.45, 2.75) is 38.5 Å². The number of hydrazone groups is 1. The van der Waals surface area contributed by atoms with Crippen LogP contribution in [0.4, 0.5) is 0 Å². The van der Waals surface area contributed by atoms with Crippen LogP contribution in [0.2, 0.25) is 0 Å². The van der Waals surface area contributed by atoms with Crippen LogP contribution < -0.4 is 10.7 Å². The molecular weight excluding hydrogens is 474 g/mol. The predicted octanol–water partition coefficient (Wildman–Crippen LogP) is 5.55. The van der Waals surface area contributed by atoms with E-state index < -0.39 is 5.92 Å². The summed E-state index contributed by atoms with van der Waals surface area (Å²) < 4.78 is 6.02. The molecule has 0 aliphatic heterocycles. The largest absolute Gasteiger partial charge is 0.455 e. The lowest BCUT2D eigenvalue weighted by Crippen LogP contribution is -2.28. The van der Waals surface area contributed by atoms with Gasteiger partial charge < -0.3 is 9.73 Å². The fraction of sp³-hybridized carbons (Fsp3) is 0.219. The Morgan fingerprint density at radius 3 is 2.11 bits per heavy atom. The molecule has 0 fully saturated rings. The molecule has 1 aromatic heterocycles. The zero-order valence-electron chi connectivity index (χ0n) is 21.4. The van der Waals surface area contributed by atoms with E-state index in [1.807, 2.05) is 97.9 Å². The molecule has 0 saturated carbocycles. The molecule has 4 aromatic rings. The number of aryl methyl sites for hydroxylation is 1. The van der Waals surface area contributed by atoms with Crippen LogP contribution in [0, 0.1) is 6.92 Å². The summed E-state index contributed by atoms with van der Waals surface area (Å²) in [5.41, 5.74) is 8.11. The first-order valence-corrected chi connectivity index (χ1v) is 13.0. The lowest BCUT2D eigenvalue weighted by atomic mass is 9.90. The van der Waals surface area contributed by atoms with E-state index in [-0.39, 0.29) is 11.8 Å². The SMILES string of the molecule is Cc1c(C(=O)NCCc2ccccc2)oc2c1/C(=N/NC(=O)C(c1ccccc1)c1ccccc1)CCC2. The minimum absolute atomic E-state index is 0.206.